The summed E-state index contributed by atoms with van der Waals surface area (Å²) in [5.41, 5.74) is 2.68. The molecule has 0 saturated heterocycles. The number of aryl methyl sites for hydroxylation is 2. The molecule has 0 radical (unpaired) electrons. The summed E-state index contributed by atoms with van der Waals surface area (Å²) < 4.78 is 0. The fourth-order valence-electron chi connectivity index (χ4n) is 2.18. The van der Waals surface area contributed by atoms with Crippen molar-refractivity contribution in [3.63, 3.8) is 0 Å². The third-order valence-corrected chi connectivity index (χ3v) is 4.97. The van der Waals surface area contributed by atoms with E-state index in [4.69, 9.17) is 0 Å². The number of carbonyl (C=O) groups excluding carboxylic acids is 2. The lowest BCUT2D eigenvalue weighted by atomic mass is 9.96. The molecule has 2 aromatic carbocycles. The molecular weight excluding hydrogens is 344 g/mol. The molecule has 138 valence electrons. The molecule has 5 heteroatoms. The van der Waals surface area contributed by atoms with Gasteiger partial charge in [-0.2, -0.15) is 0 Å². The van der Waals surface area contributed by atoms with E-state index in [9.17, 15) is 9.59 Å². The number of hydrogen-bond donors (Lipinski definition) is 2. The zero-order chi connectivity index (χ0) is 19.3. The average molecular weight is 371 g/mol. The Hall–Kier alpha value is -2.27. The number of hydrogen-bond acceptors (Lipinski definition) is 3. The monoisotopic (exact) mass is 370 g/mol. The van der Waals surface area contributed by atoms with Gasteiger partial charge in [0.05, 0.1) is 6.54 Å². The van der Waals surface area contributed by atoms with Crippen LogP contribution in [0.25, 0.3) is 0 Å². The van der Waals surface area contributed by atoms with E-state index >= 15 is 0 Å². The summed E-state index contributed by atoms with van der Waals surface area (Å²) in [6.45, 7) is 9.59. The first-order valence-corrected chi connectivity index (χ1v) is 9.40. The van der Waals surface area contributed by atoms with E-state index in [0.717, 1.165) is 4.90 Å². The number of carbonyl (C=O) groups is 2. The second-order valence-corrected chi connectivity index (χ2v) is 8.49. The highest BCUT2D eigenvalue weighted by atomic mass is 32.2. The van der Waals surface area contributed by atoms with Crippen LogP contribution in [0.2, 0.25) is 0 Å². The third-order valence-electron chi connectivity index (χ3n) is 3.80. The Kier molecular flexibility index (Phi) is 6.48. The van der Waals surface area contributed by atoms with E-state index in [1.807, 2.05) is 45.0 Å². The maximum Gasteiger partial charge on any atom is 0.243 e. The zero-order valence-corrected chi connectivity index (χ0v) is 16.8. The second kappa shape index (κ2) is 8.41. The summed E-state index contributed by atoms with van der Waals surface area (Å²) in [6.07, 6.45) is 0. The van der Waals surface area contributed by atoms with Crippen molar-refractivity contribution in [1.82, 2.24) is 5.32 Å². The van der Waals surface area contributed by atoms with Gasteiger partial charge in [0.15, 0.2) is 0 Å². The van der Waals surface area contributed by atoms with Crippen molar-refractivity contribution in [2.24, 2.45) is 5.41 Å². The zero-order valence-electron chi connectivity index (χ0n) is 16.0. The molecule has 0 aromatic heterocycles. The molecule has 2 N–H and O–H groups in total. The Labute approximate surface area is 159 Å². The molecule has 2 amide bonds. The van der Waals surface area contributed by atoms with Crippen LogP contribution in [-0.2, 0) is 9.59 Å². The Morgan fingerprint density at radius 1 is 1.00 bits per heavy atom. The Morgan fingerprint density at radius 2 is 1.65 bits per heavy atom. The molecule has 0 aliphatic heterocycles. The van der Waals surface area contributed by atoms with Crippen molar-refractivity contribution in [2.45, 2.75) is 44.4 Å². The second-order valence-electron chi connectivity index (χ2n) is 7.38. The van der Waals surface area contributed by atoms with Crippen molar-refractivity contribution < 1.29 is 9.59 Å². The van der Waals surface area contributed by atoms with Crippen LogP contribution < -0.4 is 10.6 Å². The number of nitrogens with one attached hydrogen (secondary N) is 2. The molecule has 0 saturated carbocycles. The van der Waals surface area contributed by atoms with Gasteiger partial charge in [0.1, 0.15) is 0 Å². The third kappa shape index (κ3) is 5.92. The molecule has 0 bridgehead atoms. The van der Waals surface area contributed by atoms with Gasteiger partial charge < -0.3 is 10.6 Å². The van der Waals surface area contributed by atoms with Gasteiger partial charge in [0.25, 0.3) is 0 Å². The lowest BCUT2D eigenvalue weighted by Gasteiger charge is -2.17. The molecule has 0 atom stereocenters. The Bertz CT molecular complexity index is 793. The summed E-state index contributed by atoms with van der Waals surface area (Å²) in [6, 6.07) is 14.1. The summed E-state index contributed by atoms with van der Waals surface area (Å²) in [4.78, 5) is 26.1. The Balaban J connectivity index is 1.92. The summed E-state index contributed by atoms with van der Waals surface area (Å²) in [7, 11) is 0. The number of rotatable bonds is 5. The molecule has 0 aliphatic rings. The molecule has 4 nitrogen and oxygen atoms in total. The van der Waals surface area contributed by atoms with Crippen molar-refractivity contribution in [3.05, 3.63) is 53.6 Å². The minimum Gasteiger partial charge on any atom is -0.347 e. The molecule has 0 fully saturated rings. The normalized spacial score (nSPS) is 11.1. The molecule has 26 heavy (non-hydrogen) atoms. The van der Waals surface area contributed by atoms with Crippen molar-refractivity contribution in [1.29, 1.82) is 0 Å². The van der Waals surface area contributed by atoms with E-state index in [1.165, 1.54) is 16.0 Å². The maximum absolute atomic E-state index is 12.0. The predicted octanol–water partition coefficient (Wildman–Crippen LogP) is 4.56. The lowest BCUT2D eigenvalue weighted by molar-refractivity contribution is -0.130. The van der Waals surface area contributed by atoms with Gasteiger partial charge in [-0.25, -0.2) is 0 Å². The Morgan fingerprint density at radius 3 is 2.27 bits per heavy atom. The molecule has 0 spiro atoms. The largest absolute Gasteiger partial charge is 0.347 e. The lowest BCUT2D eigenvalue weighted by Crippen LogP contribution is -2.39. The standard InChI is InChI=1S/C21H26N2O2S/c1-14-6-7-15(2)18(12-14)26-17-10-8-16(9-11-17)23-19(24)13-22-20(25)21(3,4)5/h6-12H,13H2,1-5H3,(H,22,25)(H,23,24). The minimum absolute atomic E-state index is 0.0326. The molecular formula is C21H26N2O2S. The fourth-order valence-corrected chi connectivity index (χ4v) is 3.18. The van der Waals surface area contributed by atoms with Crippen LogP contribution in [0, 0.1) is 19.3 Å². The summed E-state index contributed by atoms with van der Waals surface area (Å²) >= 11 is 1.70. The molecule has 2 aromatic rings. The van der Waals surface area contributed by atoms with Gasteiger partial charge in [0, 0.05) is 20.9 Å². The first kappa shape index (κ1) is 20.0. The number of anilines is 1. The molecule has 2 rings (SSSR count). The van der Waals surface area contributed by atoms with E-state index < -0.39 is 5.41 Å². The minimum atomic E-state index is -0.507. The van der Waals surface area contributed by atoms with Crippen LogP contribution in [-0.4, -0.2) is 18.4 Å². The quantitative estimate of drug-likeness (QED) is 0.811. The average Bonchev–Trinajstić information content (AvgIpc) is 2.57. The fraction of sp³-hybridized carbons (Fsp3) is 0.333. The number of benzene rings is 2. The first-order valence-electron chi connectivity index (χ1n) is 8.58. The van der Waals surface area contributed by atoms with Crippen LogP contribution in [0.1, 0.15) is 31.9 Å². The molecule has 0 aliphatic carbocycles. The number of amides is 2. The molecule has 0 unspecified atom stereocenters. The summed E-state index contributed by atoms with van der Waals surface area (Å²) in [5, 5.41) is 5.44. The van der Waals surface area contributed by atoms with E-state index in [-0.39, 0.29) is 18.4 Å². The first-order chi connectivity index (χ1) is 12.1. The van der Waals surface area contributed by atoms with E-state index in [2.05, 4.69) is 42.7 Å². The van der Waals surface area contributed by atoms with E-state index in [0.29, 0.717) is 5.69 Å². The smallest absolute Gasteiger partial charge is 0.243 e. The van der Waals surface area contributed by atoms with Crippen LogP contribution in [0.4, 0.5) is 5.69 Å². The highest BCUT2D eigenvalue weighted by Gasteiger charge is 2.21. The van der Waals surface area contributed by atoms with Crippen LogP contribution in [0.3, 0.4) is 0 Å². The topological polar surface area (TPSA) is 58.2 Å². The van der Waals surface area contributed by atoms with Crippen molar-refractivity contribution in [2.75, 3.05) is 11.9 Å². The highest BCUT2D eigenvalue weighted by Crippen LogP contribution is 2.31. The van der Waals surface area contributed by atoms with Crippen LogP contribution in [0.5, 0.6) is 0 Å². The van der Waals surface area contributed by atoms with E-state index in [1.54, 1.807) is 11.8 Å². The van der Waals surface area contributed by atoms with Crippen LogP contribution in [0.15, 0.2) is 52.3 Å². The highest BCUT2D eigenvalue weighted by molar-refractivity contribution is 7.99. The molecule has 0 heterocycles. The van der Waals surface area contributed by atoms with Gasteiger partial charge >= 0.3 is 0 Å². The maximum atomic E-state index is 12.0. The summed E-state index contributed by atoms with van der Waals surface area (Å²) in [5.74, 6) is -0.384. The van der Waals surface area contributed by atoms with Crippen molar-refractivity contribution >= 4 is 29.3 Å². The predicted molar refractivity (Wildman–Crippen MR) is 108 cm³/mol. The van der Waals surface area contributed by atoms with Gasteiger partial charge in [-0.1, -0.05) is 44.7 Å². The van der Waals surface area contributed by atoms with Crippen LogP contribution >= 0.6 is 11.8 Å². The van der Waals surface area contributed by atoms with Gasteiger partial charge in [-0.05, 0) is 55.3 Å². The van der Waals surface area contributed by atoms with Gasteiger partial charge in [-0.15, -0.1) is 0 Å². The van der Waals surface area contributed by atoms with Gasteiger partial charge in [0.2, 0.25) is 11.8 Å². The van der Waals surface area contributed by atoms with Crippen molar-refractivity contribution in [3.8, 4) is 0 Å². The SMILES string of the molecule is Cc1ccc(C)c(Sc2ccc(NC(=O)CNC(=O)C(C)(C)C)cc2)c1. The van der Waals surface area contributed by atoms with Gasteiger partial charge in [-0.3, -0.25) is 9.59 Å².